The number of ether oxygens (including phenoxy) is 1. The van der Waals surface area contributed by atoms with Crippen LogP contribution in [0, 0.1) is 0 Å². The summed E-state index contributed by atoms with van der Waals surface area (Å²) < 4.78 is 5.67. The van der Waals surface area contributed by atoms with Gasteiger partial charge < -0.3 is 14.6 Å². The van der Waals surface area contributed by atoms with E-state index >= 15 is 0 Å². The summed E-state index contributed by atoms with van der Waals surface area (Å²) in [6, 6.07) is 0. The second-order valence-corrected chi connectivity index (χ2v) is 4.62. The van der Waals surface area contributed by atoms with Crippen molar-refractivity contribution in [3.63, 3.8) is 0 Å². The highest BCUT2D eigenvalue weighted by Gasteiger charge is 2.41. The summed E-state index contributed by atoms with van der Waals surface area (Å²) in [5, 5.41) is 9.70. The van der Waals surface area contributed by atoms with Gasteiger partial charge in [0, 0.05) is 6.42 Å². The molecule has 0 aromatic carbocycles. The van der Waals surface area contributed by atoms with E-state index in [9.17, 15) is 9.90 Å². The monoisotopic (exact) mass is 186 g/mol. The van der Waals surface area contributed by atoms with Crippen molar-refractivity contribution in [3.8, 4) is 0 Å². The predicted octanol–water partition coefficient (Wildman–Crippen LogP) is 1.28. The summed E-state index contributed by atoms with van der Waals surface area (Å²) in [4.78, 5) is 10.4. The Labute approximate surface area is 79.1 Å². The zero-order chi connectivity index (χ0) is 10.1. The number of hydrogen-bond donors (Lipinski definition) is 1. The molecule has 0 unspecified atom stereocenters. The van der Waals surface area contributed by atoms with Gasteiger partial charge in [-0.15, -0.1) is 0 Å². The number of carbonyl (C=O) groups excluding carboxylic acids is 1. The molecule has 0 aromatic heterocycles. The normalized spacial score (nSPS) is 34.9. The minimum Gasteiger partial charge on any atom is -0.388 e. The van der Waals surface area contributed by atoms with E-state index in [0.717, 1.165) is 19.1 Å². The minimum atomic E-state index is -0.805. The fraction of sp³-hybridized carbons (Fsp3) is 0.900. The van der Waals surface area contributed by atoms with E-state index in [1.165, 1.54) is 0 Å². The number of carbonyl (C=O) groups is 1. The van der Waals surface area contributed by atoms with E-state index < -0.39 is 5.60 Å². The molecule has 1 fully saturated rings. The first-order chi connectivity index (χ1) is 5.87. The van der Waals surface area contributed by atoms with Crippen LogP contribution in [0.5, 0.6) is 0 Å². The van der Waals surface area contributed by atoms with Crippen LogP contribution < -0.4 is 0 Å². The lowest BCUT2D eigenvalue weighted by atomic mass is 9.96. The van der Waals surface area contributed by atoms with Crippen LogP contribution in [0.15, 0.2) is 0 Å². The van der Waals surface area contributed by atoms with Crippen molar-refractivity contribution in [2.75, 3.05) is 0 Å². The summed E-state index contributed by atoms with van der Waals surface area (Å²) in [6.45, 7) is 5.40. The predicted molar refractivity (Wildman–Crippen MR) is 49.5 cm³/mol. The fourth-order valence-electron chi connectivity index (χ4n) is 1.72. The summed E-state index contributed by atoms with van der Waals surface area (Å²) in [6.07, 6.45) is 2.83. The Morgan fingerprint density at radius 1 is 1.69 bits per heavy atom. The number of hydrogen-bond acceptors (Lipinski definition) is 3. The second-order valence-electron chi connectivity index (χ2n) is 4.62. The molecule has 1 heterocycles. The van der Waals surface area contributed by atoms with E-state index in [-0.39, 0.29) is 11.7 Å². The molecule has 3 nitrogen and oxygen atoms in total. The number of rotatable bonds is 3. The van der Waals surface area contributed by atoms with Crippen molar-refractivity contribution in [2.45, 2.75) is 57.3 Å². The number of aliphatic hydroxyl groups is 1. The molecule has 1 N–H and O–H groups in total. The maximum absolute atomic E-state index is 10.4. The van der Waals surface area contributed by atoms with Crippen LogP contribution >= 0.6 is 0 Å². The van der Waals surface area contributed by atoms with Crippen molar-refractivity contribution in [1.29, 1.82) is 0 Å². The van der Waals surface area contributed by atoms with Gasteiger partial charge in [-0.3, -0.25) is 0 Å². The lowest BCUT2D eigenvalue weighted by molar-refractivity contribution is -0.128. The second kappa shape index (κ2) is 3.39. The molecule has 0 bridgehead atoms. The molecule has 2 atom stereocenters. The van der Waals surface area contributed by atoms with E-state index in [2.05, 4.69) is 0 Å². The van der Waals surface area contributed by atoms with Crippen LogP contribution in [-0.2, 0) is 9.53 Å². The lowest BCUT2D eigenvalue weighted by Gasteiger charge is -2.28. The van der Waals surface area contributed by atoms with Gasteiger partial charge in [-0.25, -0.2) is 0 Å². The molecule has 1 rings (SSSR count). The van der Waals surface area contributed by atoms with Gasteiger partial charge in [0.1, 0.15) is 6.29 Å². The number of aldehydes is 1. The first kappa shape index (κ1) is 10.7. The Morgan fingerprint density at radius 3 is 2.69 bits per heavy atom. The fourth-order valence-corrected chi connectivity index (χ4v) is 1.72. The molecule has 0 amide bonds. The molecule has 1 aliphatic rings. The lowest BCUT2D eigenvalue weighted by Crippen LogP contribution is -2.38. The molecule has 0 radical (unpaired) electrons. The van der Waals surface area contributed by atoms with Crippen LogP contribution in [0.1, 0.15) is 40.0 Å². The van der Waals surface area contributed by atoms with Gasteiger partial charge in [-0.05, 0) is 33.6 Å². The summed E-state index contributed by atoms with van der Waals surface area (Å²) in [5.41, 5.74) is -1.16. The van der Waals surface area contributed by atoms with Crippen LogP contribution in [0.2, 0.25) is 0 Å². The SMILES string of the molecule is CC(C)(O)[C@@H]1CC[C@@](C)(CC=O)O1. The maximum atomic E-state index is 10.4. The largest absolute Gasteiger partial charge is 0.388 e. The van der Waals surface area contributed by atoms with Crippen LogP contribution in [0.25, 0.3) is 0 Å². The third kappa shape index (κ3) is 2.51. The van der Waals surface area contributed by atoms with Gasteiger partial charge in [0.25, 0.3) is 0 Å². The molecule has 13 heavy (non-hydrogen) atoms. The average Bonchev–Trinajstić information content (AvgIpc) is 2.31. The Morgan fingerprint density at radius 2 is 2.31 bits per heavy atom. The quantitative estimate of drug-likeness (QED) is 0.675. The van der Waals surface area contributed by atoms with Crippen LogP contribution in [-0.4, -0.2) is 28.7 Å². The third-order valence-electron chi connectivity index (χ3n) is 2.67. The standard InChI is InChI=1S/C10H18O3/c1-9(2,12)8-4-5-10(3,13-8)6-7-11/h7-8,12H,4-6H2,1-3H3/t8-,10-/m0/s1. The van der Waals surface area contributed by atoms with Crippen molar-refractivity contribution >= 4 is 6.29 Å². The van der Waals surface area contributed by atoms with Crippen molar-refractivity contribution < 1.29 is 14.6 Å². The van der Waals surface area contributed by atoms with E-state index in [1.807, 2.05) is 6.92 Å². The first-order valence-corrected chi connectivity index (χ1v) is 4.71. The highest BCUT2D eigenvalue weighted by Crippen LogP contribution is 2.36. The Hall–Kier alpha value is -0.410. The maximum Gasteiger partial charge on any atom is 0.122 e. The van der Waals surface area contributed by atoms with Gasteiger partial charge in [0.05, 0.1) is 17.3 Å². The molecule has 1 aliphatic heterocycles. The molecule has 3 heteroatoms. The third-order valence-corrected chi connectivity index (χ3v) is 2.67. The summed E-state index contributed by atoms with van der Waals surface area (Å²) >= 11 is 0. The Bertz CT molecular complexity index is 195. The van der Waals surface area contributed by atoms with Gasteiger partial charge in [0.2, 0.25) is 0 Å². The van der Waals surface area contributed by atoms with E-state index in [4.69, 9.17) is 4.74 Å². The minimum absolute atomic E-state index is 0.141. The van der Waals surface area contributed by atoms with Crippen LogP contribution in [0.4, 0.5) is 0 Å². The summed E-state index contributed by atoms with van der Waals surface area (Å²) in [5.74, 6) is 0. The highest BCUT2D eigenvalue weighted by molar-refractivity contribution is 5.51. The topological polar surface area (TPSA) is 46.5 Å². The van der Waals surface area contributed by atoms with Crippen LogP contribution in [0.3, 0.4) is 0 Å². The van der Waals surface area contributed by atoms with Gasteiger partial charge in [-0.2, -0.15) is 0 Å². The molecule has 1 saturated heterocycles. The molecule has 0 aliphatic carbocycles. The highest BCUT2D eigenvalue weighted by atomic mass is 16.5. The van der Waals surface area contributed by atoms with E-state index in [1.54, 1.807) is 13.8 Å². The van der Waals surface area contributed by atoms with Gasteiger partial charge in [-0.1, -0.05) is 0 Å². The van der Waals surface area contributed by atoms with Crippen molar-refractivity contribution in [2.24, 2.45) is 0 Å². The average molecular weight is 186 g/mol. The van der Waals surface area contributed by atoms with Gasteiger partial charge >= 0.3 is 0 Å². The molecule has 0 saturated carbocycles. The van der Waals surface area contributed by atoms with Crippen molar-refractivity contribution in [3.05, 3.63) is 0 Å². The molecule has 76 valence electrons. The molecular weight excluding hydrogens is 168 g/mol. The van der Waals surface area contributed by atoms with E-state index in [0.29, 0.717) is 6.42 Å². The first-order valence-electron chi connectivity index (χ1n) is 4.71. The molecule has 0 spiro atoms. The summed E-state index contributed by atoms with van der Waals surface area (Å²) in [7, 11) is 0. The zero-order valence-corrected chi connectivity index (χ0v) is 8.54. The Kier molecular flexibility index (Phi) is 2.78. The van der Waals surface area contributed by atoms with Crippen molar-refractivity contribution in [1.82, 2.24) is 0 Å². The Balaban J connectivity index is 2.58. The smallest absolute Gasteiger partial charge is 0.122 e. The zero-order valence-electron chi connectivity index (χ0n) is 8.54. The van der Waals surface area contributed by atoms with Gasteiger partial charge in [0.15, 0.2) is 0 Å². The molecular formula is C10H18O3. The molecule has 0 aromatic rings.